The Kier molecular flexibility index (Phi) is 3.89. The van der Waals surface area contributed by atoms with Gasteiger partial charge in [-0.05, 0) is 36.6 Å². The lowest BCUT2D eigenvalue weighted by Gasteiger charge is -1.98. The van der Waals surface area contributed by atoms with Crippen molar-refractivity contribution in [3.8, 4) is 0 Å². The average molecular weight is 237 g/mol. The van der Waals surface area contributed by atoms with Gasteiger partial charge in [0.05, 0.1) is 6.26 Å². The highest BCUT2D eigenvalue weighted by molar-refractivity contribution is 6.31. The summed E-state index contributed by atoms with van der Waals surface area (Å²) in [4.78, 5) is 0. The summed E-state index contributed by atoms with van der Waals surface area (Å²) < 4.78 is 5.50. The summed E-state index contributed by atoms with van der Waals surface area (Å²) in [6.07, 6.45) is 8.12. The molecule has 0 radical (unpaired) electrons. The topological polar surface area (TPSA) is 13.1 Å². The second kappa shape index (κ2) is 5.40. The molecule has 1 aromatic heterocycles. The molecule has 16 heavy (non-hydrogen) atoms. The van der Waals surface area contributed by atoms with Crippen molar-refractivity contribution in [2.24, 2.45) is 0 Å². The second-order valence-electron chi connectivity index (χ2n) is 4.21. The highest BCUT2D eigenvalue weighted by atomic mass is 35.5. The van der Waals surface area contributed by atoms with E-state index in [-0.39, 0.29) is 0 Å². The smallest absolute Gasteiger partial charge is 0.135 e. The molecule has 0 aliphatic heterocycles. The van der Waals surface area contributed by atoms with Gasteiger partial charge in [-0.25, -0.2) is 0 Å². The lowest BCUT2D eigenvalue weighted by Crippen LogP contribution is -1.83. The lowest BCUT2D eigenvalue weighted by atomic mass is 10.1. The summed E-state index contributed by atoms with van der Waals surface area (Å²) >= 11 is 5.91. The standard InChI is InChI=1S/C14H17ClO/c1-2-3-4-5-6-11-10-16-14-9-12(15)7-8-13(11)14/h7-10H,2-6H2,1H3. The molecule has 0 unspecified atom stereocenters. The first-order valence-electron chi connectivity index (χ1n) is 5.97. The third kappa shape index (κ3) is 2.59. The van der Waals surface area contributed by atoms with Gasteiger partial charge in [-0.1, -0.05) is 37.8 Å². The maximum atomic E-state index is 5.91. The van der Waals surface area contributed by atoms with Gasteiger partial charge in [-0.2, -0.15) is 0 Å². The number of aryl methyl sites for hydroxylation is 1. The fourth-order valence-corrected chi connectivity index (χ4v) is 2.15. The van der Waals surface area contributed by atoms with Gasteiger partial charge in [0.15, 0.2) is 0 Å². The zero-order valence-electron chi connectivity index (χ0n) is 9.63. The Bertz CT molecular complexity index is 459. The van der Waals surface area contributed by atoms with E-state index in [1.54, 1.807) is 0 Å². The Hall–Kier alpha value is -0.950. The number of fused-ring (bicyclic) bond motifs is 1. The molecule has 0 saturated heterocycles. The molecule has 0 saturated carbocycles. The SMILES string of the molecule is CCCCCCc1coc2cc(Cl)ccc12. The van der Waals surface area contributed by atoms with E-state index >= 15 is 0 Å². The van der Waals surface area contributed by atoms with Crippen molar-refractivity contribution < 1.29 is 4.42 Å². The van der Waals surface area contributed by atoms with Gasteiger partial charge in [0.1, 0.15) is 5.58 Å². The van der Waals surface area contributed by atoms with Crippen LogP contribution in [0.1, 0.15) is 38.2 Å². The van der Waals surface area contributed by atoms with Gasteiger partial charge in [-0.15, -0.1) is 0 Å². The molecule has 1 aromatic carbocycles. The van der Waals surface area contributed by atoms with Crippen LogP contribution in [0, 0.1) is 0 Å². The number of benzene rings is 1. The normalized spacial score (nSPS) is 11.1. The van der Waals surface area contributed by atoms with Crippen molar-refractivity contribution in [1.82, 2.24) is 0 Å². The van der Waals surface area contributed by atoms with Crippen molar-refractivity contribution in [3.05, 3.63) is 35.0 Å². The van der Waals surface area contributed by atoms with Crippen LogP contribution < -0.4 is 0 Å². The molecule has 0 atom stereocenters. The second-order valence-corrected chi connectivity index (χ2v) is 4.65. The van der Waals surface area contributed by atoms with E-state index in [0.717, 1.165) is 17.0 Å². The Morgan fingerprint density at radius 2 is 2.06 bits per heavy atom. The molecular weight excluding hydrogens is 220 g/mol. The fourth-order valence-electron chi connectivity index (χ4n) is 1.99. The predicted molar refractivity (Wildman–Crippen MR) is 69.1 cm³/mol. The molecule has 2 heteroatoms. The zero-order chi connectivity index (χ0) is 11.4. The van der Waals surface area contributed by atoms with Gasteiger partial charge < -0.3 is 4.42 Å². The molecule has 2 aromatic rings. The van der Waals surface area contributed by atoms with Crippen LogP contribution in [0.25, 0.3) is 11.0 Å². The number of furan rings is 1. The van der Waals surface area contributed by atoms with Gasteiger partial charge in [0.25, 0.3) is 0 Å². The molecule has 0 fully saturated rings. The van der Waals surface area contributed by atoms with E-state index < -0.39 is 0 Å². The summed E-state index contributed by atoms with van der Waals surface area (Å²) in [6.45, 7) is 2.23. The van der Waals surface area contributed by atoms with E-state index in [0.29, 0.717) is 0 Å². The first kappa shape index (κ1) is 11.5. The molecule has 1 nitrogen and oxygen atoms in total. The van der Waals surface area contributed by atoms with E-state index in [1.165, 1.54) is 36.6 Å². The molecule has 2 rings (SSSR count). The molecule has 0 aliphatic carbocycles. The maximum absolute atomic E-state index is 5.91. The number of halogens is 1. The predicted octanol–water partition coefficient (Wildman–Crippen LogP) is 5.21. The Labute approximate surface area is 101 Å². The van der Waals surface area contributed by atoms with Crippen LogP contribution in [-0.4, -0.2) is 0 Å². The van der Waals surface area contributed by atoms with E-state index in [2.05, 4.69) is 13.0 Å². The van der Waals surface area contributed by atoms with E-state index in [4.69, 9.17) is 16.0 Å². The minimum absolute atomic E-state index is 0.736. The van der Waals surface area contributed by atoms with Crippen molar-refractivity contribution >= 4 is 22.6 Å². The van der Waals surface area contributed by atoms with Crippen molar-refractivity contribution in [1.29, 1.82) is 0 Å². The summed E-state index contributed by atoms with van der Waals surface area (Å²) in [5.74, 6) is 0. The van der Waals surface area contributed by atoms with Gasteiger partial charge in [0.2, 0.25) is 0 Å². The highest BCUT2D eigenvalue weighted by Gasteiger charge is 2.05. The number of unbranched alkanes of at least 4 members (excludes halogenated alkanes) is 3. The average Bonchev–Trinajstić information content (AvgIpc) is 2.67. The van der Waals surface area contributed by atoms with E-state index in [1.807, 2.05) is 18.4 Å². The number of rotatable bonds is 5. The van der Waals surface area contributed by atoms with Gasteiger partial charge in [-0.3, -0.25) is 0 Å². The summed E-state index contributed by atoms with van der Waals surface area (Å²) in [7, 11) is 0. The highest BCUT2D eigenvalue weighted by Crippen LogP contribution is 2.25. The molecular formula is C14H17ClO. The first-order chi connectivity index (χ1) is 7.81. The monoisotopic (exact) mass is 236 g/mol. The van der Waals surface area contributed by atoms with Crippen LogP contribution in [0.15, 0.2) is 28.9 Å². The van der Waals surface area contributed by atoms with Crippen molar-refractivity contribution in [2.75, 3.05) is 0 Å². The Morgan fingerprint density at radius 1 is 1.19 bits per heavy atom. The molecule has 0 N–H and O–H groups in total. The Morgan fingerprint density at radius 3 is 2.88 bits per heavy atom. The van der Waals surface area contributed by atoms with Crippen LogP contribution in [0.4, 0.5) is 0 Å². The molecule has 0 spiro atoms. The molecule has 1 heterocycles. The van der Waals surface area contributed by atoms with Crippen LogP contribution in [0.5, 0.6) is 0 Å². The first-order valence-corrected chi connectivity index (χ1v) is 6.34. The lowest BCUT2D eigenvalue weighted by molar-refractivity contribution is 0.604. The summed E-state index contributed by atoms with van der Waals surface area (Å²) in [5, 5.41) is 1.94. The fraction of sp³-hybridized carbons (Fsp3) is 0.429. The van der Waals surface area contributed by atoms with Crippen LogP contribution in [0.2, 0.25) is 5.02 Å². The zero-order valence-corrected chi connectivity index (χ0v) is 10.4. The summed E-state index contributed by atoms with van der Waals surface area (Å²) in [6, 6.07) is 5.86. The van der Waals surface area contributed by atoms with Gasteiger partial charge >= 0.3 is 0 Å². The minimum atomic E-state index is 0.736. The molecule has 0 bridgehead atoms. The van der Waals surface area contributed by atoms with Crippen LogP contribution in [-0.2, 0) is 6.42 Å². The molecule has 0 aliphatic rings. The maximum Gasteiger partial charge on any atom is 0.135 e. The number of hydrogen-bond donors (Lipinski definition) is 0. The molecule has 0 amide bonds. The minimum Gasteiger partial charge on any atom is -0.464 e. The largest absolute Gasteiger partial charge is 0.464 e. The van der Waals surface area contributed by atoms with Crippen molar-refractivity contribution in [2.45, 2.75) is 39.0 Å². The Balaban J connectivity index is 2.07. The van der Waals surface area contributed by atoms with Crippen LogP contribution in [0.3, 0.4) is 0 Å². The third-order valence-electron chi connectivity index (χ3n) is 2.92. The summed E-state index contributed by atoms with van der Waals surface area (Å²) in [5.41, 5.74) is 2.21. The molecule has 86 valence electrons. The quantitative estimate of drug-likeness (QED) is 0.650. The van der Waals surface area contributed by atoms with E-state index in [9.17, 15) is 0 Å². The third-order valence-corrected chi connectivity index (χ3v) is 3.15. The van der Waals surface area contributed by atoms with Crippen molar-refractivity contribution in [3.63, 3.8) is 0 Å². The van der Waals surface area contributed by atoms with Gasteiger partial charge in [0, 0.05) is 10.4 Å². The number of hydrogen-bond acceptors (Lipinski definition) is 1. The van der Waals surface area contributed by atoms with Crippen LogP contribution >= 0.6 is 11.6 Å².